The van der Waals surface area contributed by atoms with Crippen molar-refractivity contribution in [3.8, 4) is 0 Å². The van der Waals surface area contributed by atoms with Crippen LogP contribution in [0.1, 0.15) is 34.0 Å². The summed E-state index contributed by atoms with van der Waals surface area (Å²) in [4.78, 5) is 12.0. The lowest BCUT2D eigenvalue weighted by molar-refractivity contribution is 0.0876. The van der Waals surface area contributed by atoms with Crippen molar-refractivity contribution in [1.82, 2.24) is 0 Å². The molecular weight excluding hydrogens is 188 g/mol. The van der Waals surface area contributed by atoms with E-state index < -0.39 is 0 Å². The van der Waals surface area contributed by atoms with Crippen molar-refractivity contribution in [3.05, 3.63) is 34.4 Å². The van der Waals surface area contributed by atoms with Crippen LogP contribution in [0.3, 0.4) is 0 Å². The minimum absolute atomic E-state index is 0.0347. The number of aliphatic hydroxyl groups is 1. The van der Waals surface area contributed by atoms with Crippen LogP contribution in [0, 0.1) is 26.7 Å². The van der Waals surface area contributed by atoms with Crippen molar-refractivity contribution >= 4 is 5.78 Å². The van der Waals surface area contributed by atoms with Gasteiger partial charge in [0.15, 0.2) is 5.78 Å². The van der Waals surface area contributed by atoms with E-state index in [2.05, 4.69) is 0 Å². The standard InChI is InChI=1S/C13H18O2/c1-8-5-9(2)12(10(3)6-8)13(15)11(4)7-14/h5-6,11,14H,7H2,1-4H3/t11-/m1/s1. The average Bonchev–Trinajstić information content (AvgIpc) is 2.14. The molecule has 1 N–H and O–H groups in total. The van der Waals surface area contributed by atoms with Crippen molar-refractivity contribution in [2.45, 2.75) is 27.7 Å². The molecule has 1 aromatic carbocycles. The van der Waals surface area contributed by atoms with E-state index in [-0.39, 0.29) is 18.3 Å². The number of aryl methyl sites for hydroxylation is 3. The molecule has 2 heteroatoms. The van der Waals surface area contributed by atoms with Gasteiger partial charge in [0, 0.05) is 11.5 Å². The van der Waals surface area contributed by atoms with Gasteiger partial charge in [-0.15, -0.1) is 0 Å². The first-order valence-electron chi connectivity index (χ1n) is 5.20. The summed E-state index contributed by atoms with van der Waals surface area (Å²) in [6, 6.07) is 4.01. The zero-order valence-electron chi connectivity index (χ0n) is 9.79. The molecule has 1 atom stereocenters. The Balaban J connectivity index is 3.20. The second-order valence-electron chi connectivity index (χ2n) is 4.22. The minimum atomic E-state index is -0.315. The number of rotatable bonds is 3. The highest BCUT2D eigenvalue weighted by molar-refractivity contribution is 6.00. The van der Waals surface area contributed by atoms with Crippen LogP contribution in [0.25, 0.3) is 0 Å². The Kier molecular flexibility index (Phi) is 3.64. The molecule has 0 spiro atoms. The largest absolute Gasteiger partial charge is 0.396 e. The average molecular weight is 206 g/mol. The van der Waals surface area contributed by atoms with E-state index in [0.29, 0.717) is 0 Å². The number of carbonyl (C=O) groups excluding carboxylic acids is 1. The van der Waals surface area contributed by atoms with Crippen LogP contribution in [-0.2, 0) is 0 Å². The van der Waals surface area contributed by atoms with E-state index in [1.807, 2.05) is 32.9 Å². The predicted molar refractivity (Wildman–Crippen MR) is 61.2 cm³/mol. The molecular formula is C13H18O2. The number of aliphatic hydroxyl groups excluding tert-OH is 1. The number of carbonyl (C=O) groups is 1. The SMILES string of the molecule is Cc1cc(C)c(C(=O)[C@H](C)CO)c(C)c1. The van der Waals surface area contributed by atoms with E-state index in [1.54, 1.807) is 6.92 Å². The lowest BCUT2D eigenvalue weighted by Gasteiger charge is -2.13. The highest BCUT2D eigenvalue weighted by Gasteiger charge is 2.18. The third-order valence-corrected chi connectivity index (χ3v) is 2.64. The second kappa shape index (κ2) is 4.58. The van der Waals surface area contributed by atoms with Gasteiger partial charge in [0.05, 0.1) is 6.61 Å². The molecule has 0 amide bonds. The fourth-order valence-corrected chi connectivity index (χ4v) is 1.90. The molecule has 0 radical (unpaired) electrons. The van der Waals surface area contributed by atoms with Crippen molar-refractivity contribution < 1.29 is 9.90 Å². The summed E-state index contributed by atoms with van der Waals surface area (Å²) < 4.78 is 0. The molecule has 0 aliphatic rings. The molecule has 2 nitrogen and oxygen atoms in total. The number of hydrogen-bond donors (Lipinski definition) is 1. The molecule has 0 aliphatic heterocycles. The Bertz CT molecular complexity index is 357. The summed E-state index contributed by atoms with van der Waals surface area (Å²) in [5.74, 6) is -0.280. The molecule has 15 heavy (non-hydrogen) atoms. The number of ketones is 1. The molecule has 0 aliphatic carbocycles. The molecule has 0 fully saturated rings. The van der Waals surface area contributed by atoms with Gasteiger partial charge in [0.2, 0.25) is 0 Å². The Morgan fingerprint density at radius 1 is 1.27 bits per heavy atom. The quantitative estimate of drug-likeness (QED) is 0.771. The summed E-state index contributed by atoms with van der Waals surface area (Å²) in [6.07, 6.45) is 0. The maximum atomic E-state index is 12.0. The Morgan fingerprint density at radius 2 is 1.73 bits per heavy atom. The first-order chi connectivity index (χ1) is 6.97. The summed E-state index contributed by atoms with van der Waals surface area (Å²) in [7, 11) is 0. The Hall–Kier alpha value is -1.15. The van der Waals surface area contributed by atoms with Gasteiger partial charge in [-0.2, -0.15) is 0 Å². The normalized spacial score (nSPS) is 12.6. The summed E-state index contributed by atoms with van der Waals surface area (Å²) in [5.41, 5.74) is 3.93. The van der Waals surface area contributed by atoms with Crippen molar-refractivity contribution in [1.29, 1.82) is 0 Å². The molecule has 0 saturated carbocycles. The molecule has 0 aromatic heterocycles. The second-order valence-corrected chi connectivity index (χ2v) is 4.22. The van der Waals surface area contributed by atoms with Crippen molar-refractivity contribution in [2.75, 3.05) is 6.61 Å². The van der Waals surface area contributed by atoms with Gasteiger partial charge < -0.3 is 5.11 Å². The topological polar surface area (TPSA) is 37.3 Å². The van der Waals surface area contributed by atoms with E-state index in [0.717, 1.165) is 16.7 Å². The lowest BCUT2D eigenvalue weighted by atomic mass is 9.91. The number of Topliss-reactive ketones (excluding diaryl/α,β-unsaturated/α-hetero) is 1. The van der Waals surface area contributed by atoms with Gasteiger partial charge in [-0.05, 0) is 31.9 Å². The molecule has 82 valence electrons. The predicted octanol–water partition coefficient (Wildman–Crippen LogP) is 2.42. The Labute approximate surface area is 90.9 Å². The highest BCUT2D eigenvalue weighted by atomic mass is 16.3. The minimum Gasteiger partial charge on any atom is -0.396 e. The van der Waals surface area contributed by atoms with E-state index in [4.69, 9.17) is 5.11 Å². The van der Waals surface area contributed by atoms with Gasteiger partial charge in [0.25, 0.3) is 0 Å². The third kappa shape index (κ3) is 2.45. The van der Waals surface area contributed by atoms with Crippen LogP contribution in [-0.4, -0.2) is 17.5 Å². The van der Waals surface area contributed by atoms with Crippen LogP contribution in [0.5, 0.6) is 0 Å². The maximum absolute atomic E-state index is 12.0. The smallest absolute Gasteiger partial charge is 0.168 e. The van der Waals surface area contributed by atoms with Crippen LogP contribution in [0.15, 0.2) is 12.1 Å². The molecule has 0 saturated heterocycles. The third-order valence-electron chi connectivity index (χ3n) is 2.64. The fraction of sp³-hybridized carbons (Fsp3) is 0.462. The maximum Gasteiger partial charge on any atom is 0.168 e. The van der Waals surface area contributed by atoms with Crippen LogP contribution >= 0.6 is 0 Å². The van der Waals surface area contributed by atoms with E-state index in [1.165, 1.54) is 5.56 Å². The highest BCUT2D eigenvalue weighted by Crippen LogP contribution is 2.19. The first kappa shape index (κ1) is 11.9. The van der Waals surface area contributed by atoms with E-state index in [9.17, 15) is 4.79 Å². The summed E-state index contributed by atoms with van der Waals surface area (Å²) in [6.45, 7) is 7.56. The zero-order valence-corrected chi connectivity index (χ0v) is 9.79. The van der Waals surface area contributed by atoms with Gasteiger partial charge in [-0.3, -0.25) is 4.79 Å². The Morgan fingerprint density at radius 3 is 2.13 bits per heavy atom. The van der Waals surface area contributed by atoms with Gasteiger partial charge in [-0.25, -0.2) is 0 Å². The fourth-order valence-electron chi connectivity index (χ4n) is 1.90. The molecule has 0 bridgehead atoms. The summed E-state index contributed by atoms with van der Waals surface area (Å²) in [5, 5.41) is 8.98. The monoisotopic (exact) mass is 206 g/mol. The van der Waals surface area contributed by atoms with Gasteiger partial charge >= 0.3 is 0 Å². The molecule has 0 heterocycles. The van der Waals surface area contributed by atoms with Gasteiger partial charge in [0.1, 0.15) is 0 Å². The molecule has 1 rings (SSSR count). The number of hydrogen-bond acceptors (Lipinski definition) is 2. The van der Waals surface area contributed by atoms with Gasteiger partial charge in [-0.1, -0.05) is 24.6 Å². The van der Waals surface area contributed by atoms with Crippen molar-refractivity contribution in [2.24, 2.45) is 5.92 Å². The van der Waals surface area contributed by atoms with Crippen molar-refractivity contribution in [3.63, 3.8) is 0 Å². The molecule has 1 aromatic rings. The lowest BCUT2D eigenvalue weighted by Crippen LogP contribution is -2.17. The summed E-state index contributed by atoms with van der Waals surface area (Å²) >= 11 is 0. The van der Waals surface area contributed by atoms with Crippen LogP contribution in [0.4, 0.5) is 0 Å². The molecule has 0 unspecified atom stereocenters. The number of benzene rings is 1. The van der Waals surface area contributed by atoms with Crippen LogP contribution in [0.2, 0.25) is 0 Å². The zero-order chi connectivity index (χ0) is 11.6. The van der Waals surface area contributed by atoms with Crippen LogP contribution < -0.4 is 0 Å². The first-order valence-corrected chi connectivity index (χ1v) is 5.20. The van der Waals surface area contributed by atoms with E-state index >= 15 is 0 Å².